The maximum atomic E-state index is 9.74. The van der Waals surface area contributed by atoms with Crippen LogP contribution in [-0.2, 0) is 6.42 Å². The molecule has 112 valence electrons. The van der Waals surface area contributed by atoms with E-state index in [0.717, 1.165) is 29.0 Å². The van der Waals surface area contributed by atoms with Gasteiger partial charge < -0.3 is 14.6 Å². The molecule has 0 heterocycles. The number of hydrogen-bond acceptors (Lipinski definition) is 3. The largest absolute Gasteiger partial charge is 0.497 e. The smallest absolute Gasteiger partial charge is 0.122 e. The lowest BCUT2D eigenvalue weighted by Crippen LogP contribution is -2.09. The summed E-state index contributed by atoms with van der Waals surface area (Å²) >= 11 is 0. The molecule has 0 saturated carbocycles. The lowest BCUT2D eigenvalue weighted by atomic mass is 9.92. The summed E-state index contributed by atoms with van der Waals surface area (Å²) in [5.74, 6) is 1.73. The number of ether oxygens (including phenoxy) is 2. The first-order chi connectivity index (χ1) is 10.3. The molecule has 0 radical (unpaired) electrons. The van der Waals surface area contributed by atoms with Gasteiger partial charge in [-0.3, -0.25) is 0 Å². The van der Waals surface area contributed by atoms with E-state index in [2.05, 4.69) is 0 Å². The third-order valence-electron chi connectivity index (χ3n) is 3.52. The van der Waals surface area contributed by atoms with Crippen LogP contribution in [0.15, 0.2) is 48.5 Å². The molecule has 1 atom stereocenters. The lowest BCUT2D eigenvalue weighted by Gasteiger charge is -2.17. The van der Waals surface area contributed by atoms with Gasteiger partial charge in [-0.2, -0.15) is 0 Å². The topological polar surface area (TPSA) is 38.7 Å². The summed E-state index contributed by atoms with van der Waals surface area (Å²) in [6, 6.07) is 15.8. The van der Waals surface area contributed by atoms with Crippen LogP contribution >= 0.6 is 0 Å². The van der Waals surface area contributed by atoms with Gasteiger partial charge in [0.15, 0.2) is 0 Å². The Kier molecular flexibility index (Phi) is 5.64. The molecule has 2 aromatic rings. The van der Waals surface area contributed by atoms with Gasteiger partial charge >= 0.3 is 0 Å². The molecule has 3 heteroatoms. The molecule has 0 aliphatic heterocycles. The fourth-order valence-corrected chi connectivity index (χ4v) is 2.42. The van der Waals surface area contributed by atoms with Crippen LogP contribution in [0.5, 0.6) is 11.5 Å². The summed E-state index contributed by atoms with van der Waals surface area (Å²) < 4.78 is 10.9. The summed E-state index contributed by atoms with van der Waals surface area (Å²) in [5, 5.41) is 9.74. The van der Waals surface area contributed by atoms with Gasteiger partial charge in [-0.1, -0.05) is 30.3 Å². The third kappa shape index (κ3) is 3.99. The van der Waals surface area contributed by atoms with Crippen LogP contribution in [0.3, 0.4) is 0 Å². The molecule has 0 spiro atoms. The van der Waals surface area contributed by atoms with Gasteiger partial charge in [0.25, 0.3) is 0 Å². The van der Waals surface area contributed by atoms with Crippen molar-refractivity contribution in [1.82, 2.24) is 0 Å². The molecule has 0 saturated heterocycles. The number of aliphatic hydroxyl groups is 1. The lowest BCUT2D eigenvalue weighted by molar-refractivity contribution is 0.262. The van der Waals surface area contributed by atoms with E-state index in [-0.39, 0.29) is 12.5 Å². The van der Waals surface area contributed by atoms with Gasteiger partial charge in [0.2, 0.25) is 0 Å². The highest BCUT2D eigenvalue weighted by molar-refractivity contribution is 5.37. The number of rotatable bonds is 7. The minimum Gasteiger partial charge on any atom is -0.497 e. The Balaban J connectivity index is 2.22. The third-order valence-corrected chi connectivity index (χ3v) is 3.52. The summed E-state index contributed by atoms with van der Waals surface area (Å²) in [6.07, 6.45) is 0.736. The van der Waals surface area contributed by atoms with Crippen molar-refractivity contribution < 1.29 is 14.6 Å². The summed E-state index contributed by atoms with van der Waals surface area (Å²) in [4.78, 5) is 0. The van der Waals surface area contributed by atoms with Crippen molar-refractivity contribution in [3.8, 4) is 11.5 Å². The first-order valence-corrected chi connectivity index (χ1v) is 7.24. The predicted molar refractivity (Wildman–Crippen MR) is 84.1 cm³/mol. The van der Waals surface area contributed by atoms with E-state index in [1.165, 1.54) is 0 Å². The highest BCUT2D eigenvalue weighted by Crippen LogP contribution is 2.28. The molecule has 3 nitrogen and oxygen atoms in total. The zero-order valence-electron chi connectivity index (χ0n) is 12.6. The van der Waals surface area contributed by atoms with Gasteiger partial charge in [-0.15, -0.1) is 0 Å². The van der Waals surface area contributed by atoms with Crippen LogP contribution in [0.2, 0.25) is 0 Å². The fraction of sp³-hybridized carbons (Fsp3) is 0.333. The van der Waals surface area contributed by atoms with E-state index in [4.69, 9.17) is 9.47 Å². The minimum absolute atomic E-state index is 0.0294. The van der Waals surface area contributed by atoms with E-state index >= 15 is 0 Å². The summed E-state index contributed by atoms with van der Waals surface area (Å²) in [7, 11) is 1.65. The van der Waals surface area contributed by atoms with Crippen LogP contribution in [0.4, 0.5) is 0 Å². The number of benzene rings is 2. The molecule has 2 rings (SSSR count). The van der Waals surface area contributed by atoms with Gasteiger partial charge in [-0.25, -0.2) is 0 Å². The standard InChI is InChI=1S/C18H22O3/c1-3-21-18-10-5-4-7-15(18)11-16(13-19)14-8-6-9-17(12-14)20-2/h4-10,12,16,19H,3,11,13H2,1-2H3. The minimum atomic E-state index is 0.0294. The molecule has 0 aliphatic carbocycles. The Bertz CT molecular complexity index is 566. The predicted octanol–water partition coefficient (Wildman–Crippen LogP) is 3.41. The Hall–Kier alpha value is -2.00. The van der Waals surface area contributed by atoms with Crippen molar-refractivity contribution in [3.05, 3.63) is 59.7 Å². The van der Waals surface area contributed by atoms with Crippen molar-refractivity contribution >= 4 is 0 Å². The Labute approximate surface area is 126 Å². The van der Waals surface area contributed by atoms with Gasteiger partial charge in [0.1, 0.15) is 11.5 Å². The monoisotopic (exact) mass is 286 g/mol. The number of para-hydroxylation sites is 1. The van der Waals surface area contributed by atoms with Crippen LogP contribution in [-0.4, -0.2) is 25.4 Å². The van der Waals surface area contributed by atoms with E-state index in [0.29, 0.717) is 6.61 Å². The zero-order valence-corrected chi connectivity index (χ0v) is 12.6. The van der Waals surface area contributed by atoms with Crippen molar-refractivity contribution in [1.29, 1.82) is 0 Å². The van der Waals surface area contributed by atoms with E-state index in [9.17, 15) is 5.11 Å². The molecule has 0 amide bonds. The molecule has 0 aromatic heterocycles. The molecule has 1 N–H and O–H groups in total. The molecule has 0 fully saturated rings. The molecule has 21 heavy (non-hydrogen) atoms. The van der Waals surface area contributed by atoms with Crippen molar-refractivity contribution in [2.45, 2.75) is 19.3 Å². The quantitative estimate of drug-likeness (QED) is 0.847. The first kappa shape index (κ1) is 15.4. The maximum absolute atomic E-state index is 9.74. The zero-order chi connectivity index (χ0) is 15.1. The Morgan fingerprint density at radius 1 is 1.10 bits per heavy atom. The number of hydrogen-bond donors (Lipinski definition) is 1. The van der Waals surface area contributed by atoms with E-state index in [1.807, 2.05) is 55.5 Å². The van der Waals surface area contributed by atoms with Gasteiger partial charge in [0, 0.05) is 5.92 Å². The molecular formula is C18H22O3. The molecule has 2 aromatic carbocycles. The second-order valence-corrected chi connectivity index (χ2v) is 4.90. The normalized spacial score (nSPS) is 12.0. The van der Waals surface area contributed by atoms with Crippen molar-refractivity contribution in [3.63, 3.8) is 0 Å². The summed E-state index contributed by atoms with van der Waals surface area (Å²) in [6.45, 7) is 2.70. The highest BCUT2D eigenvalue weighted by atomic mass is 16.5. The van der Waals surface area contributed by atoms with Crippen molar-refractivity contribution in [2.75, 3.05) is 20.3 Å². The van der Waals surface area contributed by atoms with Crippen LogP contribution < -0.4 is 9.47 Å². The summed E-state index contributed by atoms with van der Waals surface area (Å²) in [5.41, 5.74) is 2.18. The average molecular weight is 286 g/mol. The fourth-order valence-electron chi connectivity index (χ4n) is 2.42. The first-order valence-electron chi connectivity index (χ1n) is 7.24. The van der Waals surface area contributed by atoms with Crippen LogP contribution in [0.25, 0.3) is 0 Å². The molecule has 0 aliphatic rings. The van der Waals surface area contributed by atoms with Crippen LogP contribution in [0, 0.1) is 0 Å². The van der Waals surface area contributed by atoms with E-state index in [1.54, 1.807) is 7.11 Å². The SMILES string of the molecule is CCOc1ccccc1CC(CO)c1cccc(OC)c1. The van der Waals surface area contributed by atoms with Gasteiger partial charge in [0.05, 0.1) is 20.3 Å². The molecule has 1 unspecified atom stereocenters. The second-order valence-electron chi connectivity index (χ2n) is 4.90. The number of aliphatic hydroxyl groups excluding tert-OH is 1. The van der Waals surface area contributed by atoms with Crippen molar-refractivity contribution in [2.24, 2.45) is 0 Å². The average Bonchev–Trinajstić information content (AvgIpc) is 2.54. The second kappa shape index (κ2) is 7.70. The van der Waals surface area contributed by atoms with Gasteiger partial charge in [-0.05, 0) is 42.7 Å². The molecular weight excluding hydrogens is 264 g/mol. The Morgan fingerprint density at radius 3 is 2.62 bits per heavy atom. The molecule has 0 bridgehead atoms. The van der Waals surface area contributed by atoms with Crippen LogP contribution in [0.1, 0.15) is 24.0 Å². The highest BCUT2D eigenvalue weighted by Gasteiger charge is 2.14. The Morgan fingerprint density at radius 2 is 1.90 bits per heavy atom. The van der Waals surface area contributed by atoms with E-state index < -0.39 is 0 Å². The maximum Gasteiger partial charge on any atom is 0.122 e. The number of methoxy groups -OCH3 is 1.